The van der Waals surface area contributed by atoms with Crippen LogP contribution in [0.5, 0.6) is 5.75 Å². The third kappa shape index (κ3) is 2.08. The number of aromatic nitrogens is 3. The van der Waals surface area contributed by atoms with Crippen LogP contribution in [-0.4, -0.2) is 27.4 Å². The summed E-state index contributed by atoms with van der Waals surface area (Å²) in [7, 11) is 3.66. The number of Topliss-reactive ketones (excluding diaryl/α,β-unsaturated/α-hetero) is 1. The average molecular weight is 321 g/mol. The third-order valence-corrected chi connectivity index (χ3v) is 4.86. The maximum absolute atomic E-state index is 13.1. The number of aromatic amines is 1. The number of imidazole rings is 1. The number of carbonyl (C=O) groups is 1. The van der Waals surface area contributed by atoms with Crippen molar-refractivity contribution in [2.24, 2.45) is 7.05 Å². The number of methoxy groups -OCH3 is 1. The molecule has 0 saturated heterocycles. The number of benzene rings is 1. The predicted molar refractivity (Wildman–Crippen MR) is 93.4 cm³/mol. The topological polar surface area (TPSA) is 59.9 Å². The summed E-state index contributed by atoms with van der Waals surface area (Å²) in [5, 5.41) is 0.959. The first kappa shape index (κ1) is 14.8. The number of nitrogens with zero attached hydrogens (tertiary/aromatic N) is 2. The molecule has 3 aromatic rings. The van der Waals surface area contributed by atoms with Gasteiger partial charge in [-0.15, -0.1) is 0 Å². The lowest BCUT2D eigenvalue weighted by Crippen LogP contribution is -2.15. The van der Waals surface area contributed by atoms with Crippen LogP contribution < -0.4 is 4.74 Å². The quantitative estimate of drug-likeness (QED) is 0.736. The molecule has 0 aliphatic heterocycles. The lowest BCUT2D eigenvalue weighted by atomic mass is 9.89. The van der Waals surface area contributed by atoms with Crippen LogP contribution in [0.15, 0.2) is 30.1 Å². The van der Waals surface area contributed by atoms with Gasteiger partial charge in [0.2, 0.25) is 0 Å². The molecular formula is C19H19N3O2. The molecule has 0 radical (unpaired) electrons. The van der Waals surface area contributed by atoms with Gasteiger partial charge in [0, 0.05) is 34.9 Å². The minimum Gasteiger partial charge on any atom is -0.497 e. The number of fused-ring (bicyclic) bond motifs is 3. The van der Waals surface area contributed by atoms with E-state index in [1.165, 1.54) is 0 Å². The highest BCUT2D eigenvalue weighted by Gasteiger charge is 2.28. The number of H-pyrrole nitrogens is 1. The molecule has 0 spiro atoms. The van der Waals surface area contributed by atoms with Crippen LogP contribution in [0.25, 0.3) is 17.0 Å². The van der Waals surface area contributed by atoms with Gasteiger partial charge in [0.05, 0.1) is 24.7 Å². The van der Waals surface area contributed by atoms with Crippen molar-refractivity contribution in [2.45, 2.75) is 19.8 Å². The highest BCUT2D eigenvalue weighted by molar-refractivity contribution is 6.20. The normalized spacial score (nSPS) is 16.0. The van der Waals surface area contributed by atoms with Gasteiger partial charge >= 0.3 is 0 Å². The van der Waals surface area contributed by atoms with E-state index in [2.05, 4.69) is 14.5 Å². The number of nitrogens with one attached hydrogen (secondary N) is 1. The number of hydrogen-bond acceptors (Lipinski definition) is 3. The Balaban J connectivity index is 1.89. The van der Waals surface area contributed by atoms with Gasteiger partial charge in [0.15, 0.2) is 5.78 Å². The standard InChI is InChI=1S/C19H19N3O2/c1-11-15(21-10-20-11)8-12-4-6-17-18(19(12)23)14-9-13(24-3)5-7-16(14)22(17)2/h5,7-10H,4,6H2,1-3H3,(H,20,21)/b12-8-. The van der Waals surface area contributed by atoms with Crippen molar-refractivity contribution >= 4 is 22.8 Å². The molecule has 1 aromatic carbocycles. The van der Waals surface area contributed by atoms with E-state index in [1.807, 2.05) is 38.2 Å². The molecule has 1 N–H and O–H groups in total. The van der Waals surface area contributed by atoms with Crippen molar-refractivity contribution in [1.82, 2.24) is 14.5 Å². The Hall–Kier alpha value is -2.82. The molecule has 0 bridgehead atoms. The second kappa shape index (κ2) is 5.37. The maximum atomic E-state index is 13.1. The fourth-order valence-corrected chi connectivity index (χ4v) is 3.49. The third-order valence-electron chi connectivity index (χ3n) is 4.86. The summed E-state index contributed by atoms with van der Waals surface area (Å²) in [6.45, 7) is 1.96. The van der Waals surface area contributed by atoms with Gasteiger partial charge in [-0.2, -0.15) is 0 Å². The van der Waals surface area contributed by atoms with E-state index in [0.717, 1.165) is 57.7 Å². The van der Waals surface area contributed by atoms with Crippen molar-refractivity contribution in [3.8, 4) is 5.75 Å². The fraction of sp³-hybridized carbons (Fsp3) is 0.263. The predicted octanol–water partition coefficient (Wildman–Crippen LogP) is 3.43. The van der Waals surface area contributed by atoms with Crippen LogP contribution in [0, 0.1) is 6.92 Å². The lowest BCUT2D eigenvalue weighted by Gasteiger charge is -2.16. The number of allylic oxidation sites excluding steroid dienone is 1. The van der Waals surface area contributed by atoms with Crippen molar-refractivity contribution in [3.05, 3.63) is 52.7 Å². The second-order valence-electron chi connectivity index (χ2n) is 6.18. The van der Waals surface area contributed by atoms with E-state index < -0.39 is 0 Å². The molecule has 122 valence electrons. The van der Waals surface area contributed by atoms with Crippen molar-refractivity contribution < 1.29 is 9.53 Å². The summed E-state index contributed by atoms with van der Waals surface area (Å²) in [6, 6.07) is 5.90. The molecule has 24 heavy (non-hydrogen) atoms. The summed E-state index contributed by atoms with van der Waals surface area (Å²) < 4.78 is 7.46. The van der Waals surface area contributed by atoms with Gasteiger partial charge in [0.25, 0.3) is 0 Å². The van der Waals surface area contributed by atoms with Crippen LogP contribution in [-0.2, 0) is 13.5 Å². The Morgan fingerprint density at radius 3 is 2.88 bits per heavy atom. The summed E-state index contributed by atoms with van der Waals surface area (Å²) in [5.41, 5.74) is 5.58. The van der Waals surface area contributed by atoms with E-state index >= 15 is 0 Å². The smallest absolute Gasteiger partial charge is 0.191 e. The van der Waals surface area contributed by atoms with Crippen LogP contribution in [0.3, 0.4) is 0 Å². The van der Waals surface area contributed by atoms with Crippen LogP contribution in [0.4, 0.5) is 0 Å². The molecule has 0 amide bonds. The van der Waals surface area contributed by atoms with Crippen LogP contribution >= 0.6 is 0 Å². The molecule has 5 nitrogen and oxygen atoms in total. The Bertz CT molecular complexity index is 992. The first-order valence-corrected chi connectivity index (χ1v) is 8.00. The molecule has 1 aliphatic rings. The summed E-state index contributed by atoms with van der Waals surface area (Å²) in [6.07, 6.45) is 5.16. The molecule has 5 heteroatoms. The van der Waals surface area contributed by atoms with Gasteiger partial charge in [-0.3, -0.25) is 4.79 Å². The molecule has 0 saturated carbocycles. The monoisotopic (exact) mass is 321 g/mol. The Morgan fingerprint density at radius 1 is 1.33 bits per heavy atom. The summed E-state index contributed by atoms with van der Waals surface area (Å²) >= 11 is 0. The largest absolute Gasteiger partial charge is 0.497 e. The zero-order valence-electron chi connectivity index (χ0n) is 14.0. The van der Waals surface area contributed by atoms with Gasteiger partial charge in [-0.05, 0) is 44.0 Å². The number of ketones is 1. The first-order valence-electron chi connectivity index (χ1n) is 8.00. The molecule has 4 rings (SSSR count). The minimum absolute atomic E-state index is 0.0949. The molecular weight excluding hydrogens is 302 g/mol. The highest BCUT2D eigenvalue weighted by Crippen LogP contribution is 2.35. The van der Waals surface area contributed by atoms with Gasteiger partial charge in [0.1, 0.15) is 5.75 Å². The summed E-state index contributed by atoms with van der Waals surface area (Å²) in [5.74, 6) is 0.862. The Kier molecular flexibility index (Phi) is 3.30. The van der Waals surface area contributed by atoms with Crippen molar-refractivity contribution in [2.75, 3.05) is 7.11 Å². The van der Waals surface area contributed by atoms with E-state index in [1.54, 1.807) is 13.4 Å². The maximum Gasteiger partial charge on any atom is 0.191 e. The van der Waals surface area contributed by atoms with Crippen molar-refractivity contribution in [3.63, 3.8) is 0 Å². The minimum atomic E-state index is 0.0949. The Labute approximate surface area is 140 Å². The number of carbonyl (C=O) groups excluding carboxylic acids is 1. The molecule has 0 fully saturated rings. The van der Waals surface area contributed by atoms with E-state index in [-0.39, 0.29) is 5.78 Å². The van der Waals surface area contributed by atoms with Crippen LogP contribution in [0.2, 0.25) is 0 Å². The molecule has 0 atom stereocenters. The first-order chi connectivity index (χ1) is 11.6. The number of aryl methyl sites for hydroxylation is 2. The lowest BCUT2D eigenvalue weighted by molar-refractivity contribution is 0.102. The molecule has 2 aromatic heterocycles. The Morgan fingerprint density at radius 2 is 2.17 bits per heavy atom. The van der Waals surface area contributed by atoms with Gasteiger partial charge in [-0.1, -0.05) is 0 Å². The fourth-order valence-electron chi connectivity index (χ4n) is 3.49. The summed E-state index contributed by atoms with van der Waals surface area (Å²) in [4.78, 5) is 20.5. The zero-order valence-corrected chi connectivity index (χ0v) is 14.0. The SMILES string of the molecule is COc1ccc2c(c1)c1c(n2C)CC/C(=C/c2nc[nH]c2C)C1=O. The van der Waals surface area contributed by atoms with E-state index in [4.69, 9.17) is 4.74 Å². The molecule has 2 heterocycles. The highest BCUT2D eigenvalue weighted by atomic mass is 16.5. The molecule has 1 aliphatic carbocycles. The van der Waals surface area contributed by atoms with Crippen LogP contribution in [0.1, 0.15) is 33.9 Å². The van der Waals surface area contributed by atoms with Crippen molar-refractivity contribution in [1.29, 1.82) is 0 Å². The van der Waals surface area contributed by atoms with E-state index in [0.29, 0.717) is 0 Å². The molecule has 0 unspecified atom stereocenters. The average Bonchev–Trinajstić information content (AvgIpc) is 3.12. The number of hydrogen-bond donors (Lipinski definition) is 1. The number of ether oxygens (including phenoxy) is 1. The second-order valence-corrected chi connectivity index (χ2v) is 6.18. The van der Waals surface area contributed by atoms with Gasteiger partial charge in [-0.25, -0.2) is 4.98 Å². The number of rotatable bonds is 2. The zero-order chi connectivity index (χ0) is 16.8. The van der Waals surface area contributed by atoms with Gasteiger partial charge < -0.3 is 14.3 Å². The van der Waals surface area contributed by atoms with E-state index in [9.17, 15) is 4.79 Å².